The van der Waals surface area contributed by atoms with Gasteiger partial charge in [-0.25, -0.2) is 23.5 Å². The highest BCUT2D eigenvalue weighted by molar-refractivity contribution is 5.68. The number of nitrogens with one attached hydrogen (secondary N) is 1. The minimum absolute atomic E-state index is 0.113. The number of hydrogen-bond acceptors (Lipinski definition) is 8. The Labute approximate surface area is 224 Å². The summed E-state index contributed by atoms with van der Waals surface area (Å²) in [5, 5.41) is 11.5. The molecule has 5 rings (SSSR count). The summed E-state index contributed by atoms with van der Waals surface area (Å²) < 4.78 is 41.3. The molecule has 3 aromatic heterocycles. The molecule has 1 aromatic carbocycles. The van der Waals surface area contributed by atoms with Gasteiger partial charge in [-0.3, -0.25) is 4.68 Å². The van der Waals surface area contributed by atoms with Crippen LogP contribution in [0.1, 0.15) is 39.2 Å². The quantitative estimate of drug-likeness (QED) is 0.373. The number of hydrogen-bond donors (Lipinski definition) is 1. The number of nitrogens with zero attached hydrogens (tertiary/aromatic N) is 6. The smallest absolute Gasteiger partial charge is 0.407 e. The number of piperidine rings is 1. The lowest BCUT2D eigenvalue weighted by Gasteiger charge is -2.34. The third kappa shape index (κ3) is 6.21. The average Bonchev–Trinajstić information content (AvgIpc) is 3.55. The zero-order valence-corrected chi connectivity index (χ0v) is 21.9. The summed E-state index contributed by atoms with van der Waals surface area (Å²) in [5.41, 5.74) is 1.25. The molecule has 0 spiro atoms. The monoisotopic (exact) mass is 537 g/mol. The second-order valence-electron chi connectivity index (χ2n) is 10.3. The Balaban J connectivity index is 1.41. The molecule has 1 aliphatic rings. The van der Waals surface area contributed by atoms with Gasteiger partial charge in [-0.05, 0) is 45.7 Å². The van der Waals surface area contributed by atoms with Crippen molar-refractivity contribution in [1.29, 1.82) is 0 Å². The number of ether oxygens (including phenoxy) is 1. The number of rotatable bonds is 6. The normalized spacial score (nSPS) is 15.8. The molecule has 1 fully saturated rings. The molecule has 1 aliphatic heterocycles. The van der Waals surface area contributed by atoms with Gasteiger partial charge >= 0.3 is 6.09 Å². The Hall–Kier alpha value is -4.35. The van der Waals surface area contributed by atoms with E-state index in [-0.39, 0.29) is 30.0 Å². The van der Waals surface area contributed by atoms with Crippen LogP contribution in [0.25, 0.3) is 22.9 Å². The number of carbonyl (C=O) groups excluding carboxylic acids is 1. The van der Waals surface area contributed by atoms with Crippen molar-refractivity contribution in [1.82, 2.24) is 30.2 Å². The Bertz CT molecular complexity index is 1450. The standard InChI is InChI=1S/C27H29F2N7O3/c1-27(2,3)39-26(37)31-18-8-6-11-35(16-18)25-20(29)14-30-24(32-25)22-13-23(21-10-12-38-34-21)36(33-22)15-17-7-4-5-9-19(17)28/h4-5,7,9-10,12-14,18H,6,8,11,15-16H2,1-3H3,(H,31,37). The molecule has 1 unspecified atom stereocenters. The Kier molecular flexibility index (Phi) is 7.27. The summed E-state index contributed by atoms with van der Waals surface area (Å²) in [5.74, 6) is -0.632. The van der Waals surface area contributed by atoms with Crippen molar-refractivity contribution in [3.63, 3.8) is 0 Å². The molecular weight excluding hydrogens is 508 g/mol. The van der Waals surface area contributed by atoms with Crippen molar-refractivity contribution in [2.75, 3.05) is 18.0 Å². The first kappa shape index (κ1) is 26.3. The number of alkyl carbamates (subject to hydrolysis) is 1. The van der Waals surface area contributed by atoms with Crippen LogP contribution in [-0.4, -0.2) is 55.7 Å². The van der Waals surface area contributed by atoms with Crippen molar-refractivity contribution >= 4 is 11.9 Å². The summed E-state index contributed by atoms with van der Waals surface area (Å²) in [7, 11) is 0. The fourth-order valence-corrected chi connectivity index (χ4v) is 4.45. The van der Waals surface area contributed by atoms with Gasteiger partial charge in [0.15, 0.2) is 17.5 Å². The number of carbonyl (C=O) groups is 1. The summed E-state index contributed by atoms with van der Waals surface area (Å²) in [6, 6.07) is 9.57. The first-order valence-electron chi connectivity index (χ1n) is 12.7. The van der Waals surface area contributed by atoms with E-state index in [1.54, 1.807) is 60.7 Å². The average molecular weight is 538 g/mol. The van der Waals surface area contributed by atoms with Crippen LogP contribution < -0.4 is 10.2 Å². The molecule has 1 saturated heterocycles. The molecule has 1 atom stereocenters. The molecule has 0 bridgehead atoms. The minimum atomic E-state index is -0.618. The Morgan fingerprint density at radius 2 is 2.00 bits per heavy atom. The molecule has 4 heterocycles. The topological polar surface area (TPSA) is 111 Å². The second kappa shape index (κ2) is 10.8. The van der Waals surface area contributed by atoms with E-state index in [0.29, 0.717) is 35.7 Å². The predicted molar refractivity (Wildman–Crippen MR) is 139 cm³/mol. The molecule has 0 radical (unpaired) electrons. The van der Waals surface area contributed by atoms with E-state index in [4.69, 9.17) is 9.26 Å². The van der Waals surface area contributed by atoms with Crippen LogP contribution in [0.4, 0.5) is 19.4 Å². The van der Waals surface area contributed by atoms with E-state index in [0.717, 1.165) is 19.0 Å². The molecule has 0 saturated carbocycles. The third-order valence-electron chi connectivity index (χ3n) is 6.15. The van der Waals surface area contributed by atoms with E-state index in [1.165, 1.54) is 12.3 Å². The lowest BCUT2D eigenvalue weighted by Crippen LogP contribution is -2.49. The van der Waals surface area contributed by atoms with Crippen LogP contribution in [-0.2, 0) is 11.3 Å². The lowest BCUT2D eigenvalue weighted by atomic mass is 10.1. The molecule has 1 amide bonds. The maximum atomic E-state index is 15.0. The molecule has 0 aliphatic carbocycles. The number of anilines is 1. The van der Waals surface area contributed by atoms with Crippen LogP contribution >= 0.6 is 0 Å². The SMILES string of the molecule is CC(C)(C)OC(=O)NC1CCCN(c2nc(-c3cc(-c4ccon4)n(Cc4ccccc4F)n3)ncc2F)C1. The van der Waals surface area contributed by atoms with Gasteiger partial charge in [0, 0.05) is 30.8 Å². The minimum Gasteiger partial charge on any atom is -0.444 e. The number of amides is 1. The summed E-state index contributed by atoms with van der Waals surface area (Å²) in [4.78, 5) is 22.7. The van der Waals surface area contributed by atoms with E-state index < -0.39 is 17.5 Å². The van der Waals surface area contributed by atoms with Gasteiger partial charge in [-0.1, -0.05) is 23.4 Å². The summed E-state index contributed by atoms with van der Waals surface area (Å²) >= 11 is 0. The highest BCUT2D eigenvalue weighted by Crippen LogP contribution is 2.28. The zero-order chi connectivity index (χ0) is 27.6. The molecule has 4 aromatic rings. The van der Waals surface area contributed by atoms with Gasteiger partial charge in [-0.2, -0.15) is 5.10 Å². The van der Waals surface area contributed by atoms with Crippen molar-refractivity contribution in [2.45, 2.75) is 51.8 Å². The van der Waals surface area contributed by atoms with Gasteiger partial charge in [0.25, 0.3) is 0 Å². The van der Waals surface area contributed by atoms with Crippen LogP contribution in [0.2, 0.25) is 0 Å². The Morgan fingerprint density at radius 1 is 1.18 bits per heavy atom. The lowest BCUT2D eigenvalue weighted by molar-refractivity contribution is 0.0500. The third-order valence-corrected chi connectivity index (χ3v) is 6.15. The van der Waals surface area contributed by atoms with Gasteiger partial charge in [0.2, 0.25) is 0 Å². The van der Waals surface area contributed by atoms with Gasteiger partial charge in [0.05, 0.1) is 18.4 Å². The highest BCUT2D eigenvalue weighted by atomic mass is 19.1. The van der Waals surface area contributed by atoms with E-state index in [9.17, 15) is 13.6 Å². The van der Waals surface area contributed by atoms with Crippen molar-refractivity contribution in [3.05, 3.63) is 66.1 Å². The first-order valence-corrected chi connectivity index (χ1v) is 12.7. The second-order valence-corrected chi connectivity index (χ2v) is 10.3. The maximum absolute atomic E-state index is 15.0. The summed E-state index contributed by atoms with van der Waals surface area (Å²) in [6.45, 7) is 6.44. The van der Waals surface area contributed by atoms with E-state index in [1.807, 2.05) is 0 Å². The van der Waals surface area contributed by atoms with Crippen LogP contribution in [0.5, 0.6) is 0 Å². The molecule has 204 valence electrons. The molecular formula is C27H29F2N7O3. The number of benzene rings is 1. The summed E-state index contributed by atoms with van der Waals surface area (Å²) in [6.07, 6.45) is 3.48. The van der Waals surface area contributed by atoms with E-state index >= 15 is 0 Å². The highest BCUT2D eigenvalue weighted by Gasteiger charge is 2.27. The van der Waals surface area contributed by atoms with Crippen molar-refractivity contribution in [3.8, 4) is 22.9 Å². The van der Waals surface area contributed by atoms with E-state index in [2.05, 4.69) is 25.5 Å². The number of halogens is 2. The van der Waals surface area contributed by atoms with Crippen molar-refractivity contribution < 1.29 is 22.8 Å². The molecule has 1 N–H and O–H groups in total. The number of aromatic nitrogens is 5. The Morgan fingerprint density at radius 3 is 2.74 bits per heavy atom. The van der Waals surface area contributed by atoms with Crippen LogP contribution in [0.15, 0.2) is 53.4 Å². The molecule has 10 nitrogen and oxygen atoms in total. The molecule has 12 heteroatoms. The van der Waals surface area contributed by atoms with Crippen LogP contribution in [0.3, 0.4) is 0 Å². The predicted octanol–water partition coefficient (Wildman–Crippen LogP) is 4.82. The van der Waals surface area contributed by atoms with Gasteiger partial charge in [-0.15, -0.1) is 0 Å². The first-order chi connectivity index (χ1) is 18.7. The fraction of sp³-hybridized carbons (Fsp3) is 0.370. The largest absolute Gasteiger partial charge is 0.444 e. The van der Waals surface area contributed by atoms with Gasteiger partial charge in [0.1, 0.15) is 29.1 Å². The van der Waals surface area contributed by atoms with Crippen LogP contribution in [0, 0.1) is 11.6 Å². The van der Waals surface area contributed by atoms with Gasteiger partial charge < -0.3 is 19.5 Å². The maximum Gasteiger partial charge on any atom is 0.407 e. The van der Waals surface area contributed by atoms with Crippen molar-refractivity contribution in [2.24, 2.45) is 0 Å². The fourth-order valence-electron chi connectivity index (χ4n) is 4.45. The molecule has 39 heavy (non-hydrogen) atoms. The zero-order valence-electron chi connectivity index (χ0n) is 21.9.